The van der Waals surface area contributed by atoms with E-state index in [0.717, 1.165) is 10.8 Å². The predicted molar refractivity (Wildman–Crippen MR) is 94.0 cm³/mol. The van der Waals surface area contributed by atoms with Crippen LogP contribution >= 0.6 is 12.4 Å². The van der Waals surface area contributed by atoms with Gasteiger partial charge in [-0.2, -0.15) is 13.2 Å². The zero-order chi connectivity index (χ0) is 19.1. The molecule has 0 atom stereocenters. The number of rotatable bonds is 3. The molecule has 1 aromatic heterocycles. The van der Waals surface area contributed by atoms with Gasteiger partial charge in [-0.1, -0.05) is 0 Å². The van der Waals surface area contributed by atoms with Gasteiger partial charge in [0.2, 0.25) is 21.8 Å². The largest absolute Gasteiger partial charge is 0.449 e. The summed E-state index contributed by atoms with van der Waals surface area (Å²) < 4.78 is 64.9. The van der Waals surface area contributed by atoms with E-state index >= 15 is 0 Å². The number of aromatic nitrogens is 2. The monoisotopic (exact) mass is 431 g/mol. The molecule has 3 heterocycles. The van der Waals surface area contributed by atoms with Crippen LogP contribution in [0.5, 0.6) is 0 Å². The van der Waals surface area contributed by atoms with Gasteiger partial charge in [0.1, 0.15) is 0 Å². The van der Waals surface area contributed by atoms with Crippen LogP contribution in [-0.4, -0.2) is 54.1 Å². The summed E-state index contributed by atoms with van der Waals surface area (Å²) in [6.07, 6.45) is -2.86. The fraction of sp³-hybridized carbons (Fsp3) is 0.714. The van der Waals surface area contributed by atoms with Crippen molar-refractivity contribution >= 4 is 34.2 Å². The number of imidazole rings is 1. The Labute approximate surface area is 161 Å². The van der Waals surface area contributed by atoms with Crippen LogP contribution in [-0.2, 0) is 34.1 Å². The van der Waals surface area contributed by atoms with Crippen molar-refractivity contribution in [3.63, 3.8) is 0 Å². The van der Waals surface area contributed by atoms with E-state index in [9.17, 15) is 26.4 Å². The first-order valence-corrected chi connectivity index (χ1v) is 10.1. The van der Waals surface area contributed by atoms with E-state index in [1.807, 2.05) is 0 Å². The van der Waals surface area contributed by atoms with E-state index in [0.29, 0.717) is 25.1 Å². The number of carbonyl (C=O) groups excluding carboxylic acids is 1. The smallest absolute Gasteiger partial charge is 0.320 e. The zero-order valence-electron chi connectivity index (χ0n) is 14.5. The Bertz CT molecular complexity index is 804. The Kier molecular flexibility index (Phi) is 6.44. The average Bonchev–Trinajstić information content (AvgIpc) is 2.93. The van der Waals surface area contributed by atoms with Crippen molar-refractivity contribution in [2.24, 2.45) is 5.92 Å². The second-order valence-electron chi connectivity index (χ2n) is 6.48. The van der Waals surface area contributed by atoms with Crippen LogP contribution in [0.1, 0.15) is 24.4 Å². The number of fused-ring (bicyclic) bond motifs is 1. The van der Waals surface area contributed by atoms with Crippen LogP contribution in [0.25, 0.3) is 0 Å². The summed E-state index contributed by atoms with van der Waals surface area (Å²) in [6, 6.07) is 0. The van der Waals surface area contributed by atoms with Gasteiger partial charge in [-0.05, 0) is 12.8 Å². The molecule has 2 aliphatic rings. The fourth-order valence-corrected chi connectivity index (χ4v) is 4.16. The van der Waals surface area contributed by atoms with Gasteiger partial charge >= 0.3 is 6.18 Å². The minimum absolute atomic E-state index is 0. The van der Waals surface area contributed by atoms with Crippen molar-refractivity contribution in [3.05, 3.63) is 11.5 Å². The highest BCUT2D eigenvalue weighted by atomic mass is 35.5. The topological polar surface area (TPSA) is 96.3 Å². The molecule has 2 aliphatic heterocycles. The molecule has 0 radical (unpaired) electrons. The summed E-state index contributed by atoms with van der Waals surface area (Å²) in [6.45, 7) is 1.13. The molecule has 0 aliphatic carbocycles. The summed E-state index contributed by atoms with van der Waals surface area (Å²) in [5.41, 5.74) is 0.297. The Balaban J connectivity index is 0.00000261. The van der Waals surface area contributed by atoms with Gasteiger partial charge in [0.25, 0.3) is 0 Å². The standard InChI is InChI=1S/C14H20F3N5O3S.ClH/c1-26(24,25)21-5-2-9(3-6-21)12(23)19-11-10-8-18-4-7-22(10)13(20-11)14(15,16)17;/h9,18H,2-8H2,1H3,(H,19,23);1H. The lowest BCUT2D eigenvalue weighted by molar-refractivity contribution is -0.147. The summed E-state index contributed by atoms with van der Waals surface area (Å²) in [7, 11) is -3.31. The highest BCUT2D eigenvalue weighted by molar-refractivity contribution is 7.88. The van der Waals surface area contributed by atoms with Gasteiger partial charge < -0.3 is 15.2 Å². The van der Waals surface area contributed by atoms with Gasteiger partial charge in [-0.3, -0.25) is 4.79 Å². The van der Waals surface area contributed by atoms with Gasteiger partial charge in [-0.15, -0.1) is 12.4 Å². The van der Waals surface area contributed by atoms with Crippen molar-refractivity contribution in [1.82, 2.24) is 19.2 Å². The maximum Gasteiger partial charge on any atom is 0.449 e. The molecule has 0 aromatic carbocycles. The van der Waals surface area contributed by atoms with Crippen molar-refractivity contribution in [1.29, 1.82) is 0 Å². The number of hydrogen-bond acceptors (Lipinski definition) is 5. The third-order valence-electron chi connectivity index (χ3n) is 4.67. The third kappa shape index (κ3) is 4.73. The van der Waals surface area contributed by atoms with E-state index in [1.54, 1.807) is 0 Å². The lowest BCUT2D eigenvalue weighted by Gasteiger charge is -2.29. The van der Waals surface area contributed by atoms with E-state index in [2.05, 4.69) is 15.6 Å². The molecule has 13 heteroatoms. The molecular weight excluding hydrogens is 411 g/mol. The molecule has 0 unspecified atom stereocenters. The number of nitrogens with zero attached hydrogens (tertiary/aromatic N) is 3. The average molecular weight is 432 g/mol. The molecule has 1 saturated heterocycles. The molecule has 1 fully saturated rings. The predicted octanol–water partition coefficient (Wildman–Crippen LogP) is 1.04. The van der Waals surface area contributed by atoms with Crippen LogP contribution in [0.4, 0.5) is 19.0 Å². The number of hydrogen-bond donors (Lipinski definition) is 2. The molecule has 154 valence electrons. The summed E-state index contributed by atoms with van der Waals surface area (Å²) >= 11 is 0. The maximum absolute atomic E-state index is 13.2. The number of sulfonamides is 1. The van der Waals surface area contributed by atoms with E-state index in [4.69, 9.17) is 0 Å². The molecule has 2 N–H and O–H groups in total. The number of nitrogens with one attached hydrogen (secondary N) is 2. The van der Waals surface area contributed by atoms with Crippen molar-refractivity contribution in [2.75, 3.05) is 31.2 Å². The molecule has 8 nitrogen and oxygen atoms in total. The first-order chi connectivity index (χ1) is 12.1. The quantitative estimate of drug-likeness (QED) is 0.745. The van der Waals surface area contributed by atoms with Crippen LogP contribution < -0.4 is 10.6 Å². The molecule has 0 bridgehead atoms. The van der Waals surface area contributed by atoms with Gasteiger partial charge in [0, 0.05) is 38.6 Å². The van der Waals surface area contributed by atoms with Gasteiger partial charge in [0.05, 0.1) is 11.9 Å². The number of anilines is 1. The van der Waals surface area contributed by atoms with Crippen LogP contribution in [0.3, 0.4) is 0 Å². The fourth-order valence-electron chi connectivity index (χ4n) is 3.29. The van der Waals surface area contributed by atoms with E-state index in [1.165, 1.54) is 4.31 Å². The Morgan fingerprint density at radius 2 is 1.89 bits per heavy atom. The number of alkyl halides is 3. The highest BCUT2D eigenvalue weighted by Gasteiger charge is 2.40. The Morgan fingerprint density at radius 3 is 2.44 bits per heavy atom. The Morgan fingerprint density at radius 1 is 1.26 bits per heavy atom. The summed E-state index contributed by atoms with van der Waals surface area (Å²) in [4.78, 5) is 16.1. The summed E-state index contributed by atoms with van der Waals surface area (Å²) in [5.74, 6) is -1.99. The molecule has 27 heavy (non-hydrogen) atoms. The third-order valence-corrected chi connectivity index (χ3v) is 5.97. The first kappa shape index (κ1) is 21.9. The van der Waals surface area contributed by atoms with Crippen LogP contribution in [0, 0.1) is 5.92 Å². The number of piperidine rings is 1. The Hall–Kier alpha value is -1.37. The molecule has 1 amide bonds. The van der Waals surface area contributed by atoms with Crippen LogP contribution in [0.15, 0.2) is 0 Å². The number of halogens is 4. The SMILES string of the molecule is CS(=O)(=O)N1CCC(C(=O)Nc2nc(C(F)(F)F)n3c2CNCC3)CC1.Cl. The molecule has 1 aromatic rings. The van der Waals surface area contributed by atoms with Gasteiger partial charge in [0.15, 0.2) is 5.82 Å². The van der Waals surface area contributed by atoms with E-state index in [-0.39, 0.29) is 44.4 Å². The second-order valence-corrected chi connectivity index (χ2v) is 8.46. The molecular formula is C14H21ClF3N5O3S. The molecule has 3 rings (SSSR count). The van der Waals surface area contributed by atoms with Crippen molar-refractivity contribution < 1.29 is 26.4 Å². The van der Waals surface area contributed by atoms with Crippen molar-refractivity contribution in [2.45, 2.75) is 32.1 Å². The second kappa shape index (κ2) is 7.94. The minimum atomic E-state index is -4.60. The minimum Gasteiger partial charge on any atom is -0.320 e. The highest BCUT2D eigenvalue weighted by Crippen LogP contribution is 2.33. The molecule has 0 spiro atoms. The van der Waals surface area contributed by atoms with Gasteiger partial charge in [-0.25, -0.2) is 17.7 Å². The maximum atomic E-state index is 13.2. The number of carbonyl (C=O) groups is 1. The normalized spacial score (nSPS) is 19.3. The lowest BCUT2D eigenvalue weighted by atomic mass is 9.97. The number of amides is 1. The zero-order valence-corrected chi connectivity index (χ0v) is 16.2. The van der Waals surface area contributed by atoms with E-state index < -0.39 is 33.8 Å². The summed E-state index contributed by atoms with van der Waals surface area (Å²) in [5, 5.41) is 5.48. The lowest BCUT2D eigenvalue weighted by Crippen LogP contribution is -2.41. The first-order valence-electron chi connectivity index (χ1n) is 8.20. The van der Waals surface area contributed by atoms with Crippen LogP contribution in [0.2, 0.25) is 0 Å². The van der Waals surface area contributed by atoms with Crippen molar-refractivity contribution in [3.8, 4) is 0 Å². The molecule has 0 saturated carbocycles.